The Morgan fingerprint density at radius 3 is 1.30 bits per heavy atom. The van der Waals surface area contributed by atoms with Crippen molar-refractivity contribution < 1.29 is 0 Å². The summed E-state index contributed by atoms with van der Waals surface area (Å²) in [6, 6.07) is 113. The molecule has 356 valence electrons. The van der Waals surface area contributed by atoms with Crippen molar-refractivity contribution in [2.75, 3.05) is 0 Å². The predicted molar refractivity (Wildman–Crippen MR) is 321 cm³/mol. The Bertz CT molecular complexity index is 4350. The number of fused-ring (bicyclic) bond motifs is 9. The van der Waals surface area contributed by atoms with E-state index < -0.39 is 13.5 Å². The van der Waals surface area contributed by atoms with Gasteiger partial charge in [0.15, 0.2) is 8.07 Å². The molecular weight excluding hydrogens is 933 g/mol. The fraction of sp³-hybridized carbons (Fsp3) is 0.0137. The van der Waals surface area contributed by atoms with E-state index in [1.807, 2.05) is 0 Å². The molecule has 0 radical (unpaired) electrons. The van der Waals surface area contributed by atoms with Gasteiger partial charge in [-0.25, -0.2) is 0 Å². The van der Waals surface area contributed by atoms with Gasteiger partial charge in [-0.3, -0.25) is 0 Å². The van der Waals surface area contributed by atoms with Crippen LogP contribution in [0.4, 0.5) is 0 Å². The number of rotatable bonds is 9. The van der Waals surface area contributed by atoms with Crippen molar-refractivity contribution in [3.63, 3.8) is 0 Å². The summed E-state index contributed by atoms with van der Waals surface area (Å²) in [5, 5.41) is 10.4. The first kappa shape index (κ1) is 44.0. The second-order valence-electron chi connectivity index (χ2n) is 20.3. The summed E-state index contributed by atoms with van der Waals surface area (Å²) in [6.07, 6.45) is 0. The van der Waals surface area contributed by atoms with Crippen LogP contribution in [0.25, 0.3) is 77.2 Å². The van der Waals surface area contributed by atoms with Crippen molar-refractivity contribution in [2.45, 2.75) is 5.41 Å². The van der Waals surface area contributed by atoms with E-state index in [1.54, 1.807) is 0 Å². The van der Waals surface area contributed by atoms with Crippen molar-refractivity contribution in [1.29, 1.82) is 0 Å². The van der Waals surface area contributed by atoms with Gasteiger partial charge in [0.2, 0.25) is 0 Å². The number of hydrogen-bond donors (Lipinski definition) is 0. The first-order valence-electron chi connectivity index (χ1n) is 26.4. The fourth-order valence-corrected chi connectivity index (χ4v) is 18.3. The van der Waals surface area contributed by atoms with Crippen LogP contribution in [0.15, 0.2) is 303 Å². The van der Waals surface area contributed by atoms with E-state index in [-0.39, 0.29) is 0 Å². The zero-order valence-corrected chi connectivity index (χ0v) is 42.8. The Morgan fingerprint density at radius 1 is 0.263 bits per heavy atom. The molecule has 12 aromatic carbocycles. The van der Waals surface area contributed by atoms with Crippen LogP contribution in [0.2, 0.25) is 0 Å². The number of aromatic nitrogens is 2. The van der Waals surface area contributed by atoms with Gasteiger partial charge >= 0.3 is 0 Å². The molecule has 2 aromatic heterocycles. The third-order valence-corrected chi connectivity index (χ3v) is 21.4. The number of hydrogen-bond acceptors (Lipinski definition) is 0. The Balaban J connectivity index is 0.932. The van der Waals surface area contributed by atoms with Crippen LogP contribution in [0.1, 0.15) is 22.3 Å². The minimum absolute atomic E-state index is 0.499. The molecule has 0 N–H and O–H groups in total. The zero-order chi connectivity index (χ0) is 50.2. The van der Waals surface area contributed by atoms with Gasteiger partial charge in [-0.15, -0.1) is 0 Å². The van der Waals surface area contributed by atoms with Gasteiger partial charge in [0, 0.05) is 38.5 Å². The summed E-state index contributed by atoms with van der Waals surface area (Å²) < 4.78 is 4.99. The van der Waals surface area contributed by atoms with Crippen molar-refractivity contribution in [1.82, 2.24) is 9.13 Å². The Hall–Kier alpha value is -9.54. The lowest BCUT2D eigenvalue weighted by Gasteiger charge is -2.34. The Labute approximate surface area is 443 Å². The van der Waals surface area contributed by atoms with Crippen molar-refractivity contribution in [3.05, 3.63) is 326 Å². The number of benzene rings is 12. The van der Waals surface area contributed by atoms with E-state index in [0.717, 1.165) is 11.4 Å². The van der Waals surface area contributed by atoms with Gasteiger partial charge in [-0.05, 0) is 102 Å². The minimum Gasteiger partial charge on any atom is -0.309 e. The molecule has 0 amide bonds. The van der Waals surface area contributed by atoms with Crippen LogP contribution in [-0.4, -0.2) is 17.2 Å². The summed E-state index contributed by atoms with van der Waals surface area (Å²) in [5.74, 6) is 0. The quantitative estimate of drug-likeness (QED) is 0.101. The van der Waals surface area contributed by atoms with E-state index in [0.29, 0.717) is 0 Å². The van der Waals surface area contributed by atoms with E-state index in [9.17, 15) is 0 Å². The molecule has 2 heterocycles. The van der Waals surface area contributed by atoms with Crippen LogP contribution >= 0.6 is 0 Å². The smallest absolute Gasteiger partial charge is 0.179 e. The topological polar surface area (TPSA) is 9.86 Å². The highest BCUT2D eigenvalue weighted by atomic mass is 28.3. The van der Waals surface area contributed by atoms with Crippen molar-refractivity contribution in [2.24, 2.45) is 0 Å². The largest absolute Gasteiger partial charge is 0.309 e. The maximum atomic E-state index is 2.53. The molecule has 1 aliphatic rings. The van der Waals surface area contributed by atoms with Crippen molar-refractivity contribution >= 4 is 72.4 Å². The van der Waals surface area contributed by atoms with Crippen LogP contribution in [-0.2, 0) is 5.41 Å². The van der Waals surface area contributed by atoms with Crippen LogP contribution in [0, 0.1) is 0 Å². The molecule has 15 rings (SSSR count). The highest BCUT2D eigenvalue weighted by Gasteiger charge is 2.47. The van der Waals surface area contributed by atoms with Gasteiger partial charge in [0.25, 0.3) is 0 Å². The summed E-state index contributed by atoms with van der Waals surface area (Å²) in [7, 11) is -2.70. The second kappa shape index (κ2) is 17.6. The Morgan fingerprint density at radius 2 is 0.684 bits per heavy atom. The number of nitrogens with zero attached hydrogens (tertiary/aromatic N) is 2. The van der Waals surface area contributed by atoms with E-state index in [4.69, 9.17) is 0 Å². The standard InChI is InChI=1S/C73H50N2Si/c1-6-24-51(25-7-1)73(52-26-8-2-9-27-52)66-40-19-16-36-64(66)71-61(37-23-41-67(71)73)63-39-22-38-62-59-34-17-21-43-69(59)75(72(62)63)54-46-49-70-65(50-54)60-35-18-20-42-68(60)74(70)53-44-47-58(48-45-53)76(55-28-10-3-11-29-55,56-30-12-4-13-31-56)57-32-14-5-15-33-57/h1-50H. The lowest BCUT2D eigenvalue weighted by Crippen LogP contribution is -2.74. The third kappa shape index (κ3) is 6.33. The van der Waals surface area contributed by atoms with Gasteiger partial charge in [0.1, 0.15) is 0 Å². The predicted octanol–water partition coefficient (Wildman–Crippen LogP) is 15.3. The summed E-state index contributed by atoms with van der Waals surface area (Å²) in [6.45, 7) is 0. The molecule has 0 aliphatic heterocycles. The second-order valence-corrected chi connectivity index (χ2v) is 24.1. The number of para-hydroxylation sites is 3. The molecule has 0 saturated carbocycles. The molecule has 3 heteroatoms. The highest BCUT2D eigenvalue weighted by molar-refractivity contribution is 7.19. The normalized spacial score (nSPS) is 12.8. The minimum atomic E-state index is -2.70. The van der Waals surface area contributed by atoms with E-state index >= 15 is 0 Å². The first-order valence-corrected chi connectivity index (χ1v) is 28.4. The SMILES string of the molecule is c1ccc(C2(c3ccccc3)c3ccccc3-c3c(-c4cccc5c6ccccc6n(-c6ccc7c(c6)c6ccccc6n7-c6ccc([Si](c7ccccc7)(c7ccccc7)c7ccccc7)cc6)c45)cccc32)cc1. The van der Waals surface area contributed by atoms with Crippen LogP contribution in [0.3, 0.4) is 0 Å². The van der Waals surface area contributed by atoms with Crippen LogP contribution < -0.4 is 20.7 Å². The lowest BCUT2D eigenvalue weighted by molar-refractivity contribution is 0.768. The molecule has 14 aromatic rings. The highest BCUT2D eigenvalue weighted by Crippen LogP contribution is 2.59. The zero-order valence-electron chi connectivity index (χ0n) is 41.8. The van der Waals surface area contributed by atoms with Gasteiger partial charge in [0.05, 0.1) is 27.5 Å². The average molecular weight is 983 g/mol. The average Bonchev–Trinajstić information content (AvgIpc) is 4.15. The van der Waals surface area contributed by atoms with Gasteiger partial charge < -0.3 is 9.13 Å². The molecule has 1 aliphatic carbocycles. The van der Waals surface area contributed by atoms with Gasteiger partial charge in [-0.1, -0.05) is 261 Å². The maximum absolute atomic E-state index is 2.70. The molecule has 0 spiro atoms. The molecule has 0 fully saturated rings. The lowest BCUT2D eigenvalue weighted by atomic mass is 9.67. The first-order chi connectivity index (χ1) is 37.7. The van der Waals surface area contributed by atoms with Gasteiger partial charge in [-0.2, -0.15) is 0 Å². The monoisotopic (exact) mass is 982 g/mol. The molecule has 76 heavy (non-hydrogen) atoms. The molecule has 0 unspecified atom stereocenters. The Kier molecular flexibility index (Phi) is 10.2. The van der Waals surface area contributed by atoms with Crippen molar-refractivity contribution in [3.8, 4) is 33.6 Å². The summed E-state index contributed by atoms with van der Waals surface area (Å²) in [5.41, 5.74) is 16.7. The molecule has 0 saturated heterocycles. The van der Waals surface area contributed by atoms with Crippen LogP contribution in [0.5, 0.6) is 0 Å². The summed E-state index contributed by atoms with van der Waals surface area (Å²) in [4.78, 5) is 0. The fourth-order valence-electron chi connectivity index (χ4n) is 13.5. The molecule has 0 atom stereocenters. The molecule has 0 bridgehead atoms. The van der Waals surface area contributed by atoms with E-state index in [2.05, 4.69) is 312 Å². The molecular formula is C73H50N2Si. The molecule has 2 nitrogen and oxygen atoms in total. The maximum Gasteiger partial charge on any atom is 0.179 e. The summed E-state index contributed by atoms with van der Waals surface area (Å²) >= 11 is 0. The van der Waals surface area contributed by atoms with E-state index in [1.165, 1.54) is 109 Å². The third-order valence-electron chi connectivity index (χ3n) is 16.6.